The van der Waals surface area contributed by atoms with E-state index in [4.69, 9.17) is 4.74 Å². The van der Waals surface area contributed by atoms with Crippen molar-refractivity contribution in [3.63, 3.8) is 0 Å². The lowest BCUT2D eigenvalue weighted by Crippen LogP contribution is -2.13. The second-order valence-corrected chi connectivity index (χ2v) is 7.83. The molecule has 29 heavy (non-hydrogen) atoms. The quantitative estimate of drug-likeness (QED) is 0.569. The van der Waals surface area contributed by atoms with Crippen LogP contribution < -0.4 is 0 Å². The molecule has 0 N–H and O–H groups in total. The van der Waals surface area contributed by atoms with Crippen LogP contribution in [0.5, 0.6) is 0 Å². The highest BCUT2D eigenvalue weighted by molar-refractivity contribution is 5.91. The summed E-state index contributed by atoms with van der Waals surface area (Å²) in [6, 6.07) is 10.4. The average Bonchev–Trinajstić information content (AvgIpc) is 3.10. The Balaban J connectivity index is 0.00000240. The highest BCUT2D eigenvalue weighted by Gasteiger charge is 2.15. The number of ether oxygens (including phenoxy) is 1. The van der Waals surface area contributed by atoms with Crippen molar-refractivity contribution in [3.8, 4) is 17.3 Å². The van der Waals surface area contributed by atoms with Gasteiger partial charge in [-0.2, -0.15) is 5.26 Å². The Bertz CT molecular complexity index is 1030. The van der Waals surface area contributed by atoms with Gasteiger partial charge in [-0.3, -0.25) is 0 Å². The second kappa shape index (κ2) is 9.39. The van der Waals surface area contributed by atoms with Gasteiger partial charge in [0.25, 0.3) is 0 Å². The molecule has 1 aliphatic rings. The zero-order chi connectivity index (χ0) is 19.5. The lowest BCUT2D eigenvalue weighted by atomic mass is 9.90. The number of nitrogens with zero attached hydrogens (tertiary/aromatic N) is 4. The first-order chi connectivity index (χ1) is 13.7. The standard InChI is InChI=1S/C23H26N4O.ClH/c1-16-12-18(8-9-19(16)15-28-14-17-6-4-3-5-7-17)22-20-10-11-27(2)23(20)26-21(13-24)25-22;/h8-12,17H,3-7,14-15H2,1-2H3;1H. The van der Waals surface area contributed by atoms with Crippen molar-refractivity contribution in [3.05, 3.63) is 47.4 Å². The molecule has 0 atom stereocenters. The lowest BCUT2D eigenvalue weighted by Gasteiger charge is -2.21. The molecule has 0 aliphatic heterocycles. The zero-order valence-electron chi connectivity index (χ0n) is 17.0. The number of aromatic nitrogens is 3. The third-order valence-corrected chi connectivity index (χ3v) is 5.78. The summed E-state index contributed by atoms with van der Waals surface area (Å²) in [4.78, 5) is 8.82. The molecule has 0 unspecified atom stereocenters. The Morgan fingerprint density at radius 2 is 1.97 bits per heavy atom. The topological polar surface area (TPSA) is 63.7 Å². The minimum atomic E-state index is 0. The fourth-order valence-corrected chi connectivity index (χ4v) is 4.10. The highest BCUT2D eigenvalue weighted by Crippen LogP contribution is 2.29. The van der Waals surface area contributed by atoms with Gasteiger partial charge in [0, 0.05) is 30.8 Å². The van der Waals surface area contributed by atoms with Crippen molar-refractivity contribution in [1.29, 1.82) is 5.26 Å². The van der Waals surface area contributed by atoms with Crippen LogP contribution in [0, 0.1) is 24.2 Å². The molecule has 0 radical (unpaired) electrons. The fourth-order valence-electron chi connectivity index (χ4n) is 4.10. The molecule has 5 nitrogen and oxygen atoms in total. The number of halogens is 1. The average molecular weight is 411 g/mol. The van der Waals surface area contributed by atoms with Crippen molar-refractivity contribution < 1.29 is 4.74 Å². The van der Waals surface area contributed by atoms with Crippen LogP contribution in [0.15, 0.2) is 30.5 Å². The Hall–Kier alpha value is -2.42. The van der Waals surface area contributed by atoms with Crippen LogP contribution in [0.2, 0.25) is 0 Å². The maximum absolute atomic E-state index is 9.30. The predicted octanol–water partition coefficient (Wildman–Crippen LogP) is 5.33. The lowest BCUT2D eigenvalue weighted by molar-refractivity contribution is 0.0736. The molecule has 2 aromatic heterocycles. The van der Waals surface area contributed by atoms with Crippen molar-refractivity contribution in [1.82, 2.24) is 14.5 Å². The third kappa shape index (κ3) is 4.60. The molecule has 6 heteroatoms. The highest BCUT2D eigenvalue weighted by atomic mass is 35.5. The third-order valence-electron chi connectivity index (χ3n) is 5.78. The van der Waals surface area contributed by atoms with Crippen LogP contribution in [-0.2, 0) is 18.4 Å². The van der Waals surface area contributed by atoms with Gasteiger partial charge in [-0.25, -0.2) is 9.97 Å². The second-order valence-electron chi connectivity index (χ2n) is 7.83. The Morgan fingerprint density at radius 3 is 2.69 bits per heavy atom. The molecule has 0 bridgehead atoms. The fraction of sp³-hybridized carbons (Fsp3) is 0.435. The Labute approximate surface area is 178 Å². The van der Waals surface area contributed by atoms with E-state index in [1.807, 2.05) is 23.9 Å². The molecule has 0 saturated heterocycles. The van der Waals surface area contributed by atoms with Gasteiger partial charge in [0.1, 0.15) is 11.7 Å². The molecular weight excluding hydrogens is 384 g/mol. The van der Waals surface area contributed by atoms with Crippen LogP contribution in [0.4, 0.5) is 0 Å². The molecular formula is C23H27ClN4O. The summed E-state index contributed by atoms with van der Waals surface area (Å²) < 4.78 is 7.94. The van der Waals surface area contributed by atoms with Crippen LogP contribution in [0.25, 0.3) is 22.3 Å². The van der Waals surface area contributed by atoms with Gasteiger partial charge in [-0.05, 0) is 48.9 Å². The number of hydrogen-bond acceptors (Lipinski definition) is 4. The van der Waals surface area contributed by atoms with Crippen LogP contribution in [-0.4, -0.2) is 21.1 Å². The Kier molecular flexibility index (Phi) is 6.89. The van der Waals surface area contributed by atoms with Gasteiger partial charge in [-0.15, -0.1) is 12.4 Å². The van der Waals surface area contributed by atoms with Crippen molar-refractivity contribution >= 4 is 23.4 Å². The molecule has 0 amide bonds. The minimum Gasteiger partial charge on any atom is -0.376 e. The minimum absolute atomic E-state index is 0. The number of nitriles is 1. The van der Waals surface area contributed by atoms with E-state index in [-0.39, 0.29) is 18.2 Å². The predicted molar refractivity (Wildman–Crippen MR) is 117 cm³/mol. The van der Waals surface area contributed by atoms with Crippen molar-refractivity contribution in [2.75, 3.05) is 6.61 Å². The monoisotopic (exact) mass is 410 g/mol. The van der Waals surface area contributed by atoms with E-state index in [0.29, 0.717) is 6.61 Å². The molecule has 1 saturated carbocycles. The normalized spacial score (nSPS) is 14.5. The van der Waals surface area contributed by atoms with Crippen molar-refractivity contribution in [2.45, 2.75) is 45.6 Å². The van der Waals surface area contributed by atoms with E-state index >= 15 is 0 Å². The van der Waals surface area contributed by atoms with Gasteiger partial charge in [0.05, 0.1) is 12.3 Å². The van der Waals surface area contributed by atoms with Gasteiger partial charge in [0.2, 0.25) is 5.82 Å². The molecule has 1 aromatic carbocycles. The summed E-state index contributed by atoms with van der Waals surface area (Å²) in [6.45, 7) is 3.62. The number of rotatable bonds is 5. The maximum atomic E-state index is 9.30. The van der Waals surface area contributed by atoms with E-state index in [1.165, 1.54) is 43.2 Å². The summed E-state index contributed by atoms with van der Waals surface area (Å²) in [5, 5.41) is 10.3. The smallest absolute Gasteiger partial charge is 0.234 e. The molecule has 0 spiro atoms. The van der Waals surface area contributed by atoms with Crippen LogP contribution in [0.1, 0.15) is 49.1 Å². The number of benzene rings is 1. The van der Waals surface area contributed by atoms with E-state index < -0.39 is 0 Å². The molecule has 4 rings (SSSR count). The number of hydrogen-bond donors (Lipinski definition) is 0. The largest absolute Gasteiger partial charge is 0.376 e. The molecule has 1 fully saturated rings. The first-order valence-electron chi connectivity index (χ1n) is 10.1. The summed E-state index contributed by atoms with van der Waals surface area (Å²) in [5.41, 5.74) is 4.98. The summed E-state index contributed by atoms with van der Waals surface area (Å²) in [5.74, 6) is 0.923. The molecule has 1 aliphatic carbocycles. The van der Waals surface area contributed by atoms with E-state index in [1.54, 1.807) is 0 Å². The van der Waals surface area contributed by atoms with Crippen LogP contribution >= 0.6 is 12.4 Å². The molecule has 152 valence electrons. The number of aryl methyl sites for hydroxylation is 2. The van der Waals surface area contributed by atoms with Crippen molar-refractivity contribution in [2.24, 2.45) is 13.0 Å². The number of fused-ring (bicyclic) bond motifs is 1. The van der Waals surface area contributed by atoms with E-state index in [9.17, 15) is 5.26 Å². The van der Waals surface area contributed by atoms with Crippen LogP contribution in [0.3, 0.4) is 0 Å². The molecule has 2 heterocycles. The maximum Gasteiger partial charge on any atom is 0.234 e. The summed E-state index contributed by atoms with van der Waals surface area (Å²) in [6.07, 6.45) is 8.63. The van der Waals surface area contributed by atoms with E-state index in [0.717, 1.165) is 34.8 Å². The zero-order valence-corrected chi connectivity index (χ0v) is 17.8. The van der Waals surface area contributed by atoms with Gasteiger partial charge >= 0.3 is 0 Å². The molecule has 3 aromatic rings. The Morgan fingerprint density at radius 1 is 1.17 bits per heavy atom. The first-order valence-corrected chi connectivity index (χ1v) is 10.1. The van der Waals surface area contributed by atoms with Gasteiger partial charge in [0.15, 0.2) is 0 Å². The van der Waals surface area contributed by atoms with E-state index in [2.05, 4.69) is 41.2 Å². The SMILES string of the molecule is Cc1cc(-c2nc(C#N)nc3c2ccn3C)ccc1COCC1CCCCC1.Cl. The van der Waals surface area contributed by atoms with Gasteiger partial charge < -0.3 is 9.30 Å². The summed E-state index contributed by atoms with van der Waals surface area (Å²) in [7, 11) is 1.93. The first kappa shape index (κ1) is 21.3. The summed E-state index contributed by atoms with van der Waals surface area (Å²) >= 11 is 0. The van der Waals surface area contributed by atoms with Gasteiger partial charge in [-0.1, -0.05) is 31.4 Å².